The molecule has 1 saturated heterocycles. The Morgan fingerprint density at radius 2 is 0.817 bits per heavy atom. The maximum absolute atomic E-state index is 11.5. The number of aliphatic hydroxyl groups is 10. The molecule has 17 nitrogen and oxygen atoms in total. The summed E-state index contributed by atoms with van der Waals surface area (Å²) in [6.45, 7) is 8.24. The van der Waals surface area contributed by atoms with E-state index in [1.54, 1.807) is 0 Å². The van der Waals surface area contributed by atoms with Gasteiger partial charge in [0.15, 0.2) is 0 Å². The molecule has 336 valence electrons. The minimum absolute atomic E-state index is 0.100. The summed E-state index contributed by atoms with van der Waals surface area (Å²) < 4.78 is 0. The van der Waals surface area contributed by atoms with Gasteiger partial charge >= 0.3 is 0 Å². The van der Waals surface area contributed by atoms with Crippen LogP contribution in [0.4, 0.5) is 0 Å². The average Bonchev–Trinajstić information content (AvgIpc) is 3.32. The second-order valence-corrected chi connectivity index (χ2v) is 16.0. The van der Waals surface area contributed by atoms with E-state index in [0.29, 0.717) is 37.3 Å². The Bertz CT molecular complexity index is 1620. The highest BCUT2D eigenvalue weighted by atomic mass is 16.4. The van der Waals surface area contributed by atoms with Crippen LogP contribution < -0.4 is 10.6 Å². The molecule has 14 N–H and O–H groups in total. The number of aryl methyl sites for hydroxylation is 2. The van der Waals surface area contributed by atoms with Crippen molar-refractivity contribution in [2.24, 2.45) is 0 Å². The van der Waals surface area contributed by atoms with Gasteiger partial charge in [-0.2, -0.15) is 0 Å². The molecule has 8 unspecified atom stereocenters. The first kappa shape index (κ1) is 49.3. The summed E-state index contributed by atoms with van der Waals surface area (Å²) in [5, 5.41) is 127. The fourth-order valence-electron chi connectivity index (χ4n) is 7.44. The zero-order chi connectivity index (χ0) is 43.9. The molecule has 1 fully saturated rings. The Morgan fingerprint density at radius 1 is 0.483 bits per heavy atom. The summed E-state index contributed by atoms with van der Waals surface area (Å²) in [5.74, 6) is 0.201. The van der Waals surface area contributed by atoms with Crippen molar-refractivity contribution in [3.8, 4) is 11.5 Å². The Hall–Kier alpha value is -3.34. The highest BCUT2D eigenvalue weighted by molar-refractivity contribution is 5.44. The molecule has 0 spiro atoms. The quantitative estimate of drug-likeness (QED) is 0.0502. The van der Waals surface area contributed by atoms with Gasteiger partial charge in [0.25, 0.3) is 0 Å². The van der Waals surface area contributed by atoms with Gasteiger partial charge in [-0.15, -0.1) is 0 Å². The normalized spacial score (nSPS) is 19.1. The monoisotopic (exact) mass is 845 g/mol. The molecule has 4 rings (SSSR count). The second-order valence-electron chi connectivity index (χ2n) is 16.0. The number of aliphatic hydroxyl groups excluding tert-OH is 10. The first-order chi connectivity index (χ1) is 28.6. The van der Waals surface area contributed by atoms with Crippen LogP contribution in [0.3, 0.4) is 0 Å². The summed E-state index contributed by atoms with van der Waals surface area (Å²) in [7, 11) is 0. The standard InChI is InChI=1S/C43H67N5O12/c1-27-14-30(18-44-20-34(51)40(57)42(59)36(53)25-49)38(55)32(16-27)23-47-10-8-46(22-29-6-4-3-5-7-29)9-11-48(13-12-47)24-33-17-28(2)15-31(39(33)56)19-45-21-35(52)41(58)43(60)37(54)26-50/h3-7,14-17,34-37,40-45,49-60H,8-13,18-26H2,1-2H3. The zero-order valence-electron chi connectivity index (χ0n) is 34.6. The number of hydrogen-bond acceptors (Lipinski definition) is 17. The fourth-order valence-corrected chi connectivity index (χ4v) is 7.44. The van der Waals surface area contributed by atoms with Crippen molar-refractivity contribution in [2.75, 3.05) is 65.6 Å². The maximum Gasteiger partial charge on any atom is 0.124 e. The lowest BCUT2D eigenvalue weighted by molar-refractivity contribution is -0.114. The van der Waals surface area contributed by atoms with Crippen LogP contribution in [0.1, 0.15) is 38.9 Å². The molecule has 0 aliphatic carbocycles. The SMILES string of the molecule is Cc1cc(CNCC(O)C(O)C(O)C(O)CO)c(O)c(CN2CCN(Cc3ccccc3)CCN(Cc3cc(C)cc(CNCC(O)C(O)C(O)C(O)CO)c3O)CC2)c1. The van der Waals surface area contributed by atoms with E-state index >= 15 is 0 Å². The minimum Gasteiger partial charge on any atom is -0.507 e. The molecule has 8 atom stereocenters. The van der Waals surface area contributed by atoms with Crippen LogP contribution >= 0.6 is 0 Å². The van der Waals surface area contributed by atoms with Crippen molar-refractivity contribution in [1.82, 2.24) is 25.3 Å². The summed E-state index contributed by atoms with van der Waals surface area (Å²) in [4.78, 5) is 6.97. The molecular weight excluding hydrogens is 778 g/mol. The van der Waals surface area contributed by atoms with Gasteiger partial charge in [0.1, 0.15) is 48.1 Å². The highest BCUT2D eigenvalue weighted by Crippen LogP contribution is 2.28. The molecule has 60 heavy (non-hydrogen) atoms. The van der Waals surface area contributed by atoms with Crippen molar-refractivity contribution in [3.63, 3.8) is 0 Å². The van der Waals surface area contributed by atoms with E-state index in [1.807, 2.05) is 56.3 Å². The van der Waals surface area contributed by atoms with Crippen LogP contribution in [0.25, 0.3) is 0 Å². The molecule has 0 amide bonds. The minimum atomic E-state index is -1.74. The Balaban J connectivity index is 1.47. The van der Waals surface area contributed by atoms with E-state index < -0.39 is 62.0 Å². The molecule has 0 saturated carbocycles. The number of benzene rings is 3. The second kappa shape index (κ2) is 24.3. The molecule has 0 radical (unpaired) electrons. The molecule has 3 aromatic rings. The predicted octanol–water partition coefficient (Wildman–Crippen LogP) is -2.41. The first-order valence-corrected chi connectivity index (χ1v) is 20.5. The molecular formula is C43H67N5O12. The van der Waals surface area contributed by atoms with Crippen molar-refractivity contribution < 1.29 is 61.3 Å². The third kappa shape index (κ3) is 14.6. The van der Waals surface area contributed by atoms with E-state index in [0.717, 1.165) is 55.0 Å². The number of nitrogens with one attached hydrogen (secondary N) is 2. The van der Waals surface area contributed by atoms with Crippen molar-refractivity contribution >= 4 is 0 Å². The molecule has 17 heteroatoms. The largest absolute Gasteiger partial charge is 0.507 e. The number of hydrogen-bond donors (Lipinski definition) is 14. The van der Waals surface area contributed by atoms with Crippen molar-refractivity contribution in [2.45, 2.75) is 95.4 Å². The molecule has 1 aliphatic rings. The molecule has 0 bridgehead atoms. The number of phenols is 2. The first-order valence-electron chi connectivity index (χ1n) is 20.5. The van der Waals surface area contributed by atoms with Crippen molar-refractivity contribution in [3.05, 3.63) is 93.5 Å². The lowest BCUT2D eigenvalue weighted by Crippen LogP contribution is -2.48. The van der Waals surface area contributed by atoms with E-state index in [2.05, 4.69) is 37.5 Å². The number of nitrogens with zero attached hydrogens (tertiary/aromatic N) is 3. The van der Waals surface area contributed by atoms with E-state index in [-0.39, 0.29) is 37.7 Å². The van der Waals surface area contributed by atoms with Gasteiger partial charge in [-0.3, -0.25) is 14.7 Å². The molecule has 1 aliphatic heterocycles. The van der Waals surface area contributed by atoms with E-state index in [1.165, 1.54) is 5.56 Å². The Morgan fingerprint density at radius 3 is 1.18 bits per heavy atom. The highest BCUT2D eigenvalue weighted by Gasteiger charge is 2.31. The maximum atomic E-state index is 11.5. The fraction of sp³-hybridized carbons (Fsp3) is 0.581. The van der Waals surface area contributed by atoms with Gasteiger partial charge in [-0.25, -0.2) is 0 Å². The van der Waals surface area contributed by atoms with Crippen LogP contribution in [0, 0.1) is 13.8 Å². The topological polar surface area (TPSA) is 277 Å². The van der Waals surface area contributed by atoms with E-state index in [4.69, 9.17) is 10.2 Å². The smallest absolute Gasteiger partial charge is 0.124 e. The number of phenolic OH excluding ortho intramolecular Hbond substituents is 2. The molecule has 0 aromatic heterocycles. The van der Waals surface area contributed by atoms with Crippen molar-refractivity contribution in [1.29, 1.82) is 0 Å². The van der Waals surface area contributed by atoms with Crippen LogP contribution in [0.5, 0.6) is 11.5 Å². The van der Waals surface area contributed by atoms with Crippen LogP contribution in [-0.4, -0.2) is 190 Å². The van der Waals surface area contributed by atoms with Crippen LogP contribution in [0.2, 0.25) is 0 Å². The van der Waals surface area contributed by atoms with Gasteiger partial charge in [0.05, 0.1) is 25.4 Å². The third-order valence-corrected chi connectivity index (χ3v) is 11.0. The Kier molecular flexibility index (Phi) is 20.0. The van der Waals surface area contributed by atoms with Gasteiger partial charge in [-0.1, -0.05) is 65.7 Å². The Labute approximate surface area is 352 Å². The summed E-state index contributed by atoms with van der Waals surface area (Å²) in [5.41, 5.74) is 5.64. The lowest BCUT2D eigenvalue weighted by atomic mass is 10.0. The predicted molar refractivity (Wildman–Crippen MR) is 224 cm³/mol. The zero-order valence-corrected chi connectivity index (χ0v) is 34.6. The van der Waals surface area contributed by atoms with Gasteiger partial charge in [-0.05, 0) is 19.4 Å². The van der Waals surface area contributed by atoms with Crippen LogP contribution in [0.15, 0.2) is 54.6 Å². The van der Waals surface area contributed by atoms with E-state index in [9.17, 15) is 51.1 Å². The summed E-state index contributed by atoms with van der Waals surface area (Å²) >= 11 is 0. The summed E-state index contributed by atoms with van der Waals surface area (Å²) in [6, 6.07) is 17.8. The van der Waals surface area contributed by atoms with Crippen LogP contribution in [-0.2, 0) is 32.7 Å². The van der Waals surface area contributed by atoms with Gasteiger partial charge in [0, 0.05) is 107 Å². The van der Waals surface area contributed by atoms with Gasteiger partial charge in [0.2, 0.25) is 0 Å². The van der Waals surface area contributed by atoms with Gasteiger partial charge < -0.3 is 71.9 Å². The average molecular weight is 846 g/mol. The summed E-state index contributed by atoms with van der Waals surface area (Å²) in [6.07, 6.45) is -13.0. The number of aromatic hydroxyl groups is 2. The lowest BCUT2D eigenvalue weighted by Gasteiger charge is -2.27. The molecule has 1 heterocycles. The number of rotatable bonds is 22. The third-order valence-electron chi connectivity index (χ3n) is 11.0. The molecule has 3 aromatic carbocycles.